The van der Waals surface area contributed by atoms with Crippen molar-refractivity contribution in [3.8, 4) is 0 Å². The molecule has 0 unspecified atom stereocenters. The van der Waals surface area contributed by atoms with E-state index >= 15 is 0 Å². The van der Waals surface area contributed by atoms with Gasteiger partial charge in [-0.2, -0.15) is 0 Å². The van der Waals surface area contributed by atoms with Gasteiger partial charge in [0.15, 0.2) is 5.78 Å². The zero-order chi connectivity index (χ0) is 15.7. The summed E-state index contributed by atoms with van der Waals surface area (Å²) in [6.45, 7) is 7.58. The molecule has 6 heteroatoms. The van der Waals surface area contributed by atoms with Crippen molar-refractivity contribution in [3.05, 3.63) is 29.6 Å². The van der Waals surface area contributed by atoms with Gasteiger partial charge in [-0.3, -0.25) is 4.79 Å². The Bertz CT molecular complexity index is 508. The first-order valence-corrected chi connectivity index (χ1v) is 6.34. The van der Waals surface area contributed by atoms with Crippen molar-refractivity contribution < 1.29 is 24.0 Å². The van der Waals surface area contributed by atoms with Gasteiger partial charge in [-0.05, 0) is 52.8 Å². The highest BCUT2D eigenvalue weighted by Gasteiger charge is 2.40. The molecule has 1 aromatic rings. The lowest BCUT2D eigenvalue weighted by molar-refractivity contribution is -0.0983. The topological polar surface area (TPSA) is 66.8 Å². The van der Waals surface area contributed by atoms with Gasteiger partial charge in [0.25, 0.3) is 0 Å². The van der Waals surface area contributed by atoms with Gasteiger partial charge in [0.2, 0.25) is 0 Å². The molecule has 0 saturated heterocycles. The molecule has 0 spiro atoms. The average molecular weight is 282 g/mol. The van der Waals surface area contributed by atoms with E-state index in [0.29, 0.717) is 0 Å². The number of carbonyl (C=O) groups excluding carboxylic acids is 1. The van der Waals surface area contributed by atoms with Crippen LogP contribution >= 0.6 is 0 Å². The van der Waals surface area contributed by atoms with Crippen molar-refractivity contribution in [3.63, 3.8) is 0 Å². The van der Waals surface area contributed by atoms with Gasteiger partial charge in [-0.15, -0.1) is 0 Å². The second-order valence-electron chi connectivity index (χ2n) is 5.83. The summed E-state index contributed by atoms with van der Waals surface area (Å²) in [5.41, 5.74) is -2.19. The summed E-state index contributed by atoms with van der Waals surface area (Å²) in [7, 11) is -1.57. The van der Waals surface area contributed by atoms with Crippen LogP contribution in [0.4, 0.5) is 4.39 Å². The van der Waals surface area contributed by atoms with Gasteiger partial charge in [0, 0.05) is 11.0 Å². The summed E-state index contributed by atoms with van der Waals surface area (Å²) < 4.78 is 19.1. The lowest BCUT2D eigenvalue weighted by Gasteiger charge is -2.38. The van der Waals surface area contributed by atoms with E-state index in [4.69, 9.17) is 4.65 Å². The Kier molecular flexibility index (Phi) is 4.74. The molecule has 2 N–H and O–H groups in total. The van der Waals surface area contributed by atoms with Crippen LogP contribution in [0.2, 0.25) is 0 Å². The first-order valence-electron chi connectivity index (χ1n) is 6.34. The Hall–Kier alpha value is -1.24. The van der Waals surface area contributed by atoms with Crippen LogP contribution in [-0.2, 0) is 4.65 Å². The first-order chi connectivity index (χ1) is 8.95. The molecule has 0 saturated carbocycles. The lowest BCUT2D eigenvalue weighted by Crippen LogP contribution is -2.53. The number of hydrogen-bond donors (Lipinski definition) is 2. The number of hydrogen-bond acceptors (Lipinski definition) is 4. The molecular formula is C14H20BFO4. The summed E-state index contributed by atoms with van der Waals surface area (Å²) in [4.78, 5) is 11.3. The molecule has 0 radical (unpaired) electrons. The fraction of sp³-hybridized carbons (Fsp3) is 0.500. The summed E-state index contributed by atoms with van der Waals surface area (Å²) in [5, 5.41) is 20.0. The Balaban J connectivity index is 3.07. The average Bonchev–Trinajstić information content (AvgIpc) is 2.26. The molecule has 1 rings (SSSR count). The van der Waals surface area contributed by atoms with Crippen LogP contribution < -0.4 is 5.46 Å². The quantitative estimate of drug-likeness (QED) is 0.630. The third-order valence-corrected chi connectivity index (χ3v) is 3.55. The monoisotopic (exact) mass is 282 g/mol. The van der Waals surface area contributed by atoms with E-state index in [1.54, 1.807) is 13.8 Å². The Labute approximate surface area is 118 Å². The fourth-order valence-electron chi connectivity index (χ4n) is 1.44. The van der Waals surface area contributed by atoms with Gasteiger partial charge in [-0.1, -0.05) is 0 Å². The van der Waals surface area contributed by atoms with Crippen molar-refractivity contribution in [2.75, 3.05) is 0 Å². The van der Waals surface area contributed by atoms with Crippen molar-refractivity contribution in [1.82, 2.24) is 0 Å². The van der Waals surface area contributed by atoms with Gasteiger partial charge in [0.1, 0.15) is 5.82 Å². The molecule has 0 fully saturated rings. The number of rotatable bonds is 5. The Morgan fingerprint density at radius 2 is 1.85 bits per heavy atom. The molecule has 0 bridgehead atoms. The van der Waals surface area contributed by atoms with Crippen molar-refractivity contribution in [1.29, 1.82) is 0 Å². The highest BCUT2D eigenvalue weighted by molar-refractivity contribution is 6.60. The van der Waals surface area contributed by atoms with Gasteiger partial charge in [0.05, 0.1) is 11.2 Å². The van der Waals surface area contributed by atoms with Gasteiger partial charge in [-0.25, -0.2) is 4.39 Å². The standard InChI is InChI=1S/C14H20BFO4/c1-9(17)10-6-7-12(16)11(8-10)15(19)20-14(4,5)13(2,3)18/h6-8,18-19H,1-5H3. The van der Waals surface area contributed by atoms with E-state index in [0.717, 1.165) is 6.07 Å². The van der Waals surface area contributed by atoms with Crippen LogP contribution in [0.15, 0.2) is 18.2 Å². The van der Waals surface area contributed by atoms with E-state index in [2.05, 4.69) is 0 Å². The van der Waals surface area contributed by atoms with Crippen molar-refractivity contribution in [2.24, 2.45) is 0 Å². The molecular weight excluding hydrogens is 262 g/mol. The minimum absolute atomic E-state index is 0.130. The molecule has 0 aromatic heterocycles. The maximum Gasteiger partial charge on any atom is 0.494 e. The molecule has 0 heterocycles. The number of aliphatic hydroxyl groups is 1. The predicted molar refractivity (Wildman–Crippen MR) is 75.5 cm³/mol. The number of Topliss-reactive ketones (excluding diaryl/α,β-unsaturated/α-hetero) is 1. The molecule has 0 atom stereocenters. The SMILES string of the molecule is CC(=O)c1ccc(F)c(B(O)OC(C)(C)C(C)(C)O)c1. The third kappa shape index (κ3) is 3.65. The molecule has 1 aromatic carbocycles. The van der Waals surface area contributed by atoms with Crippen LogP contribution in [0.1, 0.15) is 45.0 Å². The predicted octanol–water partition coefficient (Wildman–Crippen LogP) is 1.28. The van der Waals surface area contributed by atoms with E-state index in [1.165, 1.54) is 32.9 Å². The van der Waals surface area contributed by atoms with E-state index in [-0.39, 0.29) is 16.8 Å². The molecule has 4 nitrogen and oxygen atoms in total. The lowest BCUT2D eigenvalue weighted by atomic mass is 9.75. The normalized spacial score (nSPS) is 12.4. The van der Waals surface area contributed by atoms with Gasteiger partial charge < -0.3 is 14.8 Å². The molecule has 110 valence electrons. The van der Waals surface area contributed by atoms with E-state index in [1.807, 2.05) is 0 Å². The summed E-state index contributed by atoms with van der Waals surface area (Å²) >= 11 is 0. The molecule has 0 amide bonds. The van der Waals surface area contributed by atoms with Gasteiger partial charge >= 0.3 is 7.12 Å². The van der Waals surface area contributed by atoms with Crippen LogP contribution in [0.25, 0.3) is 0 Å². The first kappa shape index (κ1) is 16.8. The minimum atomic E-state index is -1.57. The smallest absolute Gasteiger partial charge is 0.423 e. The molecule has 0 aliphatic carbocycles. The Morgan fingerprint density at radius 1 is 1.30 bits per heavy atom. The van der Waals surface area contributed by atoms with E-state index < -0.39 is 24.1 Å². The maximum absolute atomic E-state index is 13.7. The zero-order valence-corrected chi connectivity index (χ0v) is 12.4. The number of carbonyl (C=O) groups is 1. The zero-order valence-electron chi connectivity index (χ0n) is 12.4. The number of benzene rings is 1. The maximum atomic E-state index is 13.7. The molecule has 20 heavy (non-hydrogen) atoms. The van der Waals surface area contributed by atoms with Crippen LogP contribution in [0.5, 0.6) is 0 Å². The molecule has 0 aliphatic heterocycles. The fourth-order valence-corrected chi connectivity index (χ4v) is 1.44. The van der Waals surface area contributed by atoms with E-state index in [9.17, 15) is 19.3 Å². The molecule has 0 aliphatic rings. The number of halogens is 1. The number of ketones is 1. The van der Waals surface area contributed by atoms with Crippen molar-refractivity contribution >= 4 is 18.4 Å². The van der Waals surface area contributed by atoms with Crippen LogP contribution in [0.3, 0.4) is 0 Å². The van der Waals surface area contributed by atoms with Crippen molar-refractivity contribution in [2.45, 2.75) is 45.8 Å². The largest absolute Gasteiger partial charge is 0.494 e. The third-order valence-electron chi connectivity index (χ3n) is 3.55. The second-order valence-corrected chi connectivity index (χ2v) is 5.83. The summed E-state index contributed by atoms with van der Waals surface area (Å²) in [6, 6.07) is 3.70. The minimum Gasteiger partial charge on any atom is -0.423 e. The second kappa shape index (κ2) is 5.64. The Morgan fingerprint density at radius 3 is 2.30 bits per heavy atom. The highest BCUT2D eigenvalue weighted by Crippen LogP contribution is 2.25. The highest BCUT2D eigenvalue weighted by atomic mass is 19.1. The summed E-state index contributed by atoms with van der Waals surface area (Å²) in [6.07, 6.45) is 0. The van der Waals surface area contributed by atoms with Crippen LogP contribution in [0, 0.1) is 5.82 Å². The summed E-state index contributed by atoms with van der Waals surface area (Å²) in [5.74, 6) is -0.908. The van der Waals surface area contributed by atoms with Crippen LogP contribution in [-0.4, -0.2) is 34.2 Å².